The average Bonchev–Trinajstić information content (AvgIpc) is 2.43. The number of benzene rings is 1. The number of nitrogens with two attached hydrogens (primary N) is 1. The fourth-order valence-electron chi connectivity index (χ4n) is 2.81. The zero-order chi connectivity index (χ0) is 14.7. The summed E-state index contributed by atoms with van der Waals surface area (Å²) in [5.41, 5.74) is 7.04. The number of hydrogen-bond acceptors (Lipinski definition) is 3. The van der Waals surface area contributed by atoms with Crippen LogP contribution in [0.25, 0.3) is 0 Å². The molecule has 1 saturated heterocycles. The number of nitrogens with zero attached hydrogens (tertiary/aromatic N) is 1. The van der Waals surface area contributed by atoms with E-state index in [1.807, 2.05) is 17.9 Å². The number of piperidine rings is 1. The molecular formula is C16H24N2O2. The van der Waals surface area contributed by atoms with Crippen LogP contribution >= 0.6 is 0 Å². The summed E-state index contributed by atoms with van der Waals surface area (Å²) in [6.45, 7) is 7.53. The van der Waals surface area contributed by atoms with E-state index in [0.29, 0.717) is 29.5 Å². The van der Waals surface area contributed by atoms with Crippen molar-refractivity contribution in [1.82, 2.24) is 4.90 Å². The van der Waals surface area contributed by atoms with Crippen LogP contribution in [0.15, 0.2) is 18.2 Å². The number of likely N-dealkylation sites (tertiary alicyclic amines) is 1. The molecule has 4 heteroatoms. The molecule has 110 valence electrons. The Kier molecular flexibility index (Phi) is 4.53. The molecule has 0 saturated carbocycles. The molecular weight excluding hydrogens is 252 g/mol. The topological polar surface area (TPSA) is 55.6 Å². The van der Waals surface area contributed by atoms with Crippen molar-refractivity contribution < 1.29 is 9.53 Å². The van der Waals surface area contributed by atoms with E-state index >= 15 is 0 Å². The van der Waals surface area contributed by atoms with Crippen LogP contribution in [0, 0.1) is 5.92 Å². The number of nitrogen functional groups attached to an aromatic ring is 1. The second kappa shape index (κ2) is 6.16. The van der Waals surface area contributed by atoms with Crippen molar-refractivity contribution >= 4 is 11.6 Å². The van der Waals surface area contributed by atoms with E-state index in [0.717, 1.165) is 13.0 Å². The van der Waals surface area contributed by atoms with Crippen molar-refractivity contribution in [1.29, 1.82) is 0 Å². The van der Waals surface area contributed by atoms with E-state index in [4.69, 9.17) is 10.5 Å². The van der Waals surface area contributed by atoms with Gasteiger partial charge in [-0.3, -0.25) is 4.79 Å². The molecule has 1 aliphatic heterocycles. The highest BCUT2D eigenvalue weighted by atomic mass is 16.5. The molecule has 1 aromatic carbocycles. The first-order valence-corrected chi connectivity index (χ1v) is 7.38. The lowest BCUT2D eigenvalue weighted by atomic mass is 9.91. The zero-order valence-electron chi connectivity index (χ0n) is 12.6. The Morgan fingerprint density at radius 3 is 2.90 bits per heavy atom. The largest absolute Gasteiger partial charge is 0.491 e. The minimum absolute atomic E-state index is 0.0276. The Balaban J connectivity index is 2.31. The maximum Gasteiger partial charge on any atom is 0.257 e. The quantitative estimate of drug-likeness (QED) is 0.864. The number of amides is 1. The molecule has 2 N–H and O–H groups in total. The molecule has 20 heavy (non-hydrogen) atoms. The first kappa shape index (κ1) is 14.7. The SMILES string of the molecule is CCOc1c(N)cccc1C(=O)N1CCCC(C)C1C. The minimum Gasteiger partial charge on any atom is -0.491 e. The van der Waals surface area contributed by atoms with Gasteiger partial charge in [-0.1, -0.05) is 13.0 Å². The van der Waals surface area contributed by atoms with Crippen LogP contribution in [0.3, 0.4) is 0 Å². The fraction of sp³-hybridized carbons (Fsp3) is 0.562. The molecule has 1 amide bonds. The Labute approximate surface area is 120 Å². The molecule has 1 aromatic rings. The Hall–Kier alpha value is -1.71. The van der Waals surface area contributed by atoms with E-state index in [1.54, 1.807) is 12.1 Å². The van der Waals surface area contributed by atoms with E-state index < -0.39 is 0 Å². The minimum atomic E-state index is 0.0276. The summed E-state index contributed by atoms with van der Waals surface area (Å²) in [7, 11) is 0. The highest BCUT2D eigenvalue weighted by molar-refractivity contribution is 5.98. The van der Waals surface area contributed by atoms with E-state index in [-0.39, 0.29) is 11.9 Å². The van der Waals surface area contributed by atoms with Crippen molar-refractivity contribution in [2.24, 2.45) is 5.92 Å². The van der Waals surface area contributed by atoms with Gasteiger partial charge >= 0.3 is 0 Å². The van der Waals surface area contributed by atoms with Gasteiger partial charge in [0.05, 0.1) is 17.9 Å². The molecule has 2 atom stereocenters. The summed E-state index contributed by atoms with van der Waals surface area (Å²) in [4.78, 5) is 14.7. The number of para-hydroxylation sites is 1. The van der Waals surface area contributed by atoms with Gasteiger partial charge in [0.1, 0.15) is 0 Å². The average molecular weight is 276 g/mol. The Bertz CT molecular complexity index is 487. The van der Waals surface area contributed by atoms with Crippen molar-refractivity contribution in [2.75, 3.05) is 18.9 Å². The van der Waals surface area contributed by atoms with Crippen molar-refractivity contribution in [3.05, 3.63) is 23.8 Å². The van der Waals surface area contributed by atoms with Gasteiger partial charge in [0.15, 0.2) is 5.75 Å². The third kappa shape index (κ3) is 2.74. The lowest BCUT2D eigenvalue weighted by Gasteiger charge is -2.38. The molecule has 2 unspecified atom stereocenters. The lowest BCUT2D eigenvalue weighted by molar-refractivity contribution is 0.0547. The smallest absolute Gasteiger partial charge is 0.257 e. The van der Waals surface area contributed by atoms with Crippen LogP contribution in [0.4, 0.5) is 5.69 Å². The van der Waals surface area contributed by atoms with E-state index in [1.165, 1.54) is 6.42 Å². The molecule has 1 aliphatic rings. The molecule has 0 spiro atoms. The van der Waals surface area contributed by atoms with Crippen LogP contribution < -0.4 is 10.5 Å². The normalized spacial score (nSPS) is 22.6. The van der Waals surface area contributed by atoms with Crippen molar-refractivity contribution in [2.45, 2.75) is 39.7 Å². The highest BCUT2D eigenvalue weighted by Gasteiger charge is 2.30. The van der Waals surface area contributed by atoms with Crippen LogP contribution in [0.5, 0.6) is 5.75 Å². The summed E-state index contributed by atoms with van der Waals surface area (Å²) in [5, 5.41) is 0. The van der Waals surface area contributed by atoms with Crippen molar-refractivity contribution in [3.63, 3.8) is 0 Å². The van der Waals surface area contributed by atoms with Gasteiger partial charge in [-0.05, 0) is 44.7 Å². The van der Waals surface area contributed by atoms with Gasteiger partial charge in [-0.2, -0.15) is 0 Å². The van der Waals surface area contributed by atoms with E-state index in [2.05, 4.69) is 13.8 Å². The van der Waals surface area contributed by atoms with Crippen LogP contribution in [0.1, 0.15) is 44.0 Å². The monoisotopic (exact) mass is 276 g/mol. The maximum atomic E-state index is 12.8. The zero-order valence-corrected chi connectivity index (χ0v) is 12.6. The van der Waals surface area contributed by atoms with Crippen molar-refractivity contribution in [3.8, 4) is 5.75 Å². The van der Waals surface area contributed by atoms with Gasteiger partial charge in [0.2, 0.25) is 0 Å². The second-order valence-corrected chi connectivity index (χ2v) is 5.52. The number of rotatable bonds is 3. The van der Waals surface area contributed by atoms with Crippen LogP contribution in [0.2, 0.25) is 0 Å². The summed E-state index contributed by atoms with van der Waals surface area (Å²) >= 11 is 0. The summed E-state index contributed by atoms with van der Waals surface area (Å²) in [6, 6.07) is 5.63. The molecule has 1 heterocycles. The molecule has 0 aromatic heterocycles. The van der Waals surface area contributed by atoms with Gasteiger partial charge in [-0.25, -0.2) is 0 Å². The van der Waals surface area contributed by atoms with Gasteiger partial charge in [0.25, 0.3) is 5.91 Å². The number of carbonyl (C=O) groups excluding carboxylic acids is 1. The van der Waals surface area contributed by atoms with Gasteiger partial charge < -0.3 is 15.4 Å². The van der Waals surface area contributed by atoms with E-state index in [9.17, 15) is 4.79 Å². The van der Waals surface area contributed by atoms with Crippen LogP contribution in [-0.4, -0.2) is 30.0 Å². The Morgan fingerprint density at radius 2 is 2.20 bits per heavy atom. The van der Waals surface area contributed by atoms with Crippen LogP contribution in [-0.2, 0) is 0 Å². The summed E-state index contributed by atoms with van der Waals surface area (Å²) in [6.07, 6.45) is 2.24. The number of hydrogen-bond donors (Lipinski definition) is 1. The third-order valence-electron chi connectivity index (χ3n) is 4.20. The molecule has 0 aliphatic carbocycles. The first-order chi connectivity index (χ1) is 9.56. The van der Waals surface area contributed by atoms with Gasteiger partial charge in [0, 0.05) is 12.6 Å². The fourth-order valence-corrected chi connectivity index (χ4v) is 2.81. The molecule has 0 radical (unpaired) electrons. The number of ether oxygens (including phenoxy) is 1. The second-order valence-electron chi connectivity index (χ2n) is 5.52. The summed E-state index contributed by atoms with van der Waals surface area (Å²) in [5.74, 6) is 1.08. The molecule has 4 nitrogen and oxygen atoms in total. The predicted molar refractivity (Wildman–Crippen MR) is 80.9 cm³/mol. The van der Waals surface area contributed by atoms with Gasteiger partial charge in [-0.15, -0.1) is 0 Å². The standard InChI is InChI=1S/C16H24N2O2/c1-4-20-15-13(8-5-9-14(15)17)16(19)18-10-6-7-11(2)12(18)3/h5,8-9,11-12H,4,6-7,10,17H2,1-3H3. The molecule has 2 rings (SSSR count). The maximum absolute atomic E-state index is 12.8. The predicted octanol–water partition coefficient (Wildman–Crippen LogP) is 2.93. The first-order valence-electron chi connectivity index (χ1n) is 7.38. The Morgan fingerprint density at radius 1 is 1.45 bits per heavy atom. The molecule has 0 bridgehead atoms. The molecule has 1 fully saturated rings. The summed E-state index contributed by atoms with van der Waals surface area (Å²) < 4.78 is 5.57. The third-order valence-corrected chi connectivity index (χ3v) is 4.20. The highest BCUT2D eigenvalue weighted by Crippen LogP contribution is 2.30. The lowest BCUT2D eigenvalue weighted by Crippen LogP contribution is -2.46. The number of anilines is 1. The number of carbonyl (C=O) groups is 1.